The molecule has 3 aromatic heterocycles. The van der Waals surface area contributed by atoms with E-state index in [2.05, 4.69) is 9.97 Å². The van der Waals surface area contributed by atoms with Crippen LogP contribution in [-0.2, 0) is 9.05 Å². The molecule has 4 rings (SSSR count). The van der Waals surface area contributed by atoms with E-state index in [1.807, 2.05) is 19.9 Å². The molecule has 0 spiro atoms. The Hall–Kier alpha value is -3.79. The third-order valence-electron chi connectivity index (χ3n) is 4.58. The van der Waals surface area contributed by atoms with Crippen molar-refractivity contribution in [3.63, 3.8) is 0 Å². The fourth-order valence-electron chi connectivity index (χ4n) is 3.17. The number of hydrogen-bond acceptors (Lipinski definition) is 9. The van der Waals surface area contributed by atoms with E-state index in [0.717, 1.165) is 0 Å². The van der Waals surface area contributed by atoms with Crippen molar-refractivity contribution in [1.82, 2.24) is 15.0 Å². The van der Waals surface area contributed by atoms with Gasteiger partial charge >= 0.3 is 5.88 Å². The predicted molar refractivity (Wildman–Crippen MR) is 130 cm³/mol. The molecular formula is C23H21FN5O5P. The van der Waals surface area contributed by atoms with Gasteiger partial charge in [-0.3, -0.25) is 19.8 Å². The Morgan fingerprint density at radius 3 is 2.60 bits per heavy atom. The van der Waals surface area contributed by atoms with E-state index in [1.165, 1.54) is 36.4 Å². The molecule has 10 nitrogen and oxygen atoms in total. The van der Waals surface area contributed by atoms with E-state index in [9.17, 15) is 14.5 Å². The van der Waals surface area contributed by atoms with Gasteiger partial charge in [0.1, 0.15) is 16.5 Å². The first-order valence-electron chi connectivity index (χ1n) is 10.7. The van der Waals surface area contributed by atoms with Gasteiger partial charge in [0.25, 0.3) is 8.53 Å². The Morgan fingerprint density at radius 1 is 1.14 bits per heavy atom. The number of pyridine rings is 1. The number of halogens is 1. The topological polar surface area (TPSA) is 117 Å². The fourth-order valence-corrected chi connectivity index (χ4v) is 4.53. The molecule has 0 radical (unpaired) electrons. The number of nitrogens with zero attached hydrogens (tertiary/aromatic N) is 5. The van der Waals surface area contributed by atoms with E-state index in [-0.39, 0.29) is 17.5 Å². The van der Waals surface area contributed by atoms with Crippen LogP contribution < -0.4 is 4.67 Å². The Bertz CT molecular complexity index is 1340. The smallest absolute Gasteiger partial charge is 0.401 e. The highest BCUT2D eigenvalue weighted by molar-refractivity contribution is 7.49. The maximum absolute atomic E-state index is 14.1. The summed E-state index contributed by atoms with van der Waals surface area (Å²) < 4.78 is 32.9. The van der Waals surface area contributed by atoms with Gasteiger partial charge in [0.05, 0.1) is 36.7 Å². The van der Waals surface area contributed by atoms with Crippen LogP contribution in [-0.4, -0.2) is 33.1 Å². The van der Waals surface area contributed by atoms with Gasteiger partial charge in [-0.05, 0) is 56.3 Å². The van der Waals surface area contributed by atoms with Crippen LogP contribution in [0.15, 0.2) is 59.3 Å². The second kappa shape index (κ2) is 11.1. The lowest BCUT2D eigenvalue weighted by molar-refractivity contribution is -0.402. The molecule has 0 N–H and O–H groups in total. The Balaban J connectivity index is 1.87. The molecule has 3 heterocycles. The van der Waals surface area contributed by atoms with E-state index in [1.54, 1.807) is 29.2 Å². The second-order valence-electron chi connectivity index (χ2n) is 6.93. The predicted octanol–water partition coefficient (Wildman–Crippen LogP) is 6.27. The number of hydrogen-bond donors (Lipinski definition) is 0. The molecule has 0 aliphatic rings. The van der Waals surface area contributed by atoms with Crippen molar-refractivity contribution < 1.29 is 22.8 Å². The first kappa shape index (κ1) is 24.3. The van der Waals surface area contributed by atoms with Gasteiger partial charge in [-0.2, -0.15) is 0 Å². The fraction of sp³-hybridized carbons (Fsp3) is 0.174. The molecule has 0 atom stereocenters. The monoisotopic (exact) mass is 497 g/mol. The van der Waals surface area contributed by atoms with Crippen LogP contribution in [0.4, 0.5) is 21.8 Å². The maximum atomic E-state index is 14.1. The number of fused-ring (bicyclic) bond motifs is 1. The summed E-state index contributed by atoms with van der Waals surface area (Å²) in [4.78, 5) is 23.6. The molecule has 1 aromatic carbocycles. The molecule has 180 valence electrons. The average molecular weight is 497 g/mol. The van der Waals surface area contributed by atoms with Crippen molar-refractivity contribution in [1.29, 1.82) is 0 Å². The summed E-state index contributed by atoms with van der Waals surface area (Å²) in [5, 5.41) is 11.5. The molecule has 0 aliphatic carbocycles. The molecule has 0 bridgehead atoms. The molecule has 0 amide bonds. The lowest BCUT2D eigenvalue weighted by Gasteiger charge is -2.30. The van der Waals surface area contributed by atoms with Crippen molar-refractivity contribution in [3.05, 3.63) is 82.4 Å². The zero-order chi connectivity index (χ0) is 24.8. The lowest BCUT2D eigenvalue weighted by Crippen LogP contribution is -2.17. The molecule has 0 unspecified atom stereocenters. The largest absolute Gasteiger partial charge is 0.433 e. The van der Waals surface area contributed by atoms with E-state index < -0.39 is 19.3 Å². The third-order valence-corrected chi connectivity index (χ3v) is 6.28. The summed E-state index contributed by atoms with van der Waals surface area (Å²) in [6.45, 7) is 4.51. The SMILES string of the molecule is CCOP(OCC)N(c1cccnc1)c1nc(/C=C/c2ccc([N+](=O)[O-])o2)nc2cc(F)ccc12. The minimum absolute atomic E-state index is 0.231. The second-order valence-corrected chi connectivity index (χ2v) is 8.32. The first-order valence-corrected chi connectivity index (χ1v) is 11.8. The average Bonchev–Trinajstić information content (AvgIpc) is 3.33. The number of anilines is 2. The van der Waals surface area contributed by atoms with Gasteiger partial charge in [0.2, 0.25) is 0 Å². The highest BCUT2D eigenvalue weighted by Crippen LogP contribution is 2.51. The zero-order valence-electron chi connectivity index (χ0n) is 18.9. The molecule has 12 heteroatoms. The summed E-state index contributed by atoms with van der Waals surface area (Å²) in [6.07, 6.45) is 6.33. The quantitative estimate of drug-likeness (QED) is 0.142. The molecule has 0 saturated carbocycles. The van der Waals surface area contributed by atoms with Gasteiger partial charge in [-0.25, -0.2) is 14.4 Å². The minimum Gasteiger partial charge on any atom is -0.401 e. The van der Waals surface area contributed by atoms with Crippen LogP contribution in [0.5, 0.6) is 0 Å². The van der Waals surface area contributed by atoms with Gasteiger partial charge in [0, 0.05) is 17.6 Å². The van der Waals surface area contributed by atoms with Crippen LogP contribution in [0.25, 0.3) is 23.1 Å². The van der Waals surface area contributed by atoms with Gasteiger partial charge in [-0.1, -0.05) is 0 Å². The Labute approximate surface area is 201 Å². The highest BCUT2D eigenvalue weighted by atomic mass is 31.2. The number of furan rings is 1. The summed E-state index contributed by atoms with van der Waals surface area (Å²) in [5.74, 6) is 0.0727. The van der Waals surface area contributed by atoms with Gasteiger partial charge in [0.15, 0.2) is 11.6 Å². The van der Waals surface area contributed by atoms with E-state index in [0.29, 0.717) is 35.6 Å². The molecule has 0 aliphatic heterocycles. The molecular weight excluding hydrogens is 476 g/mol. The van der Waals surface area contributed by atoms with Crippen LogP contribution >= 0.6 is 8.53 Å². The summed E-state index contributed by atoms with van der Waals surface area (Å²) in [5.41, 5.74) is 1.03. The van der Waals surface area contributed by atoms with Crippen LogP contribution in [0, 0.1) is 15.9 Å². The Morgan fingerprint density at radius 2 is 1.94 bits per heavy atom. The normalized spacial score (nSPS) is 11.5. The summed E-state index contributed by atoms with van der Waals surface area (Å²) >= 11 is 0. The third kappa shape index (κ3) is 5.65. The first-order chi connectivity index (χ1) is 17.0. The van der Waals surface area contributed by atoms with Gasteiger partial charge < -0.3 is 13.5 Å². The number of aromatic nitrogens is 3. The number of benzene rings is 1. The van der Waals surface area contributed by atoms with E-state index >= 15 is 0 Å². The van der Waals surface area contributed by atoms with E-state index in [4.69, 9.17) is 18.4 Å². The van der Waals surface area contributed by atoms with Crippen LogP contribution in [0.1, 0.15) is 25.4 Å². The number of nitro groups is 1. The van der Waals surface area contributed by atoms with Crippen molar-refractivity contribution in [2.75, 3.05) is 17.9 Å². The molecule has 4 aromatic rings. The molecule has 35 heavy (non-hydrogen) atoms. The lowest BCUT2D eigenvalue weighted by atomic mass is 10.2. The van der Waals surface area contributed by atoms with Crippen LogP contribution in [0.3, 0.4) is 0 Å². The molecule has 0 saturated heterocycles. The van der Waals surface area contributed by atoms with Crippen molar-refractivity contribution in [2.24, 2.45) is 0 Å². The minimum atomic E-state index is -1.64. The standard InChI is InChI=1S/C23H21FN5O5P/c1-3-32-35(33-4-2)28(17-6-5-13-25-15-17)23-19-10-7-16(24)14-20(19)26-21(27-23)11-8-18-9-12-22(34-18)29(30)31/h5-15H,3-4H2,1-2H3/b11-8+. The highest BCUT2D eigenvalue weighted by Gasteiger charge is 2.27. The summed E-state index contributed by atoms with van der Waals surface area (Å²) in [6, 6.07) is 10.6. The van der Waals surface area contributed by atoms with Crippen molar-refractivity contribution >= 4 is 49.0 Å². The van der Waals surface area contributed by atoms with Gasteiger partial charge in [-0.15, -0.1) is 0 Å². The Kier molecular flexibility index (Phi) is 7.71. The summed E-state index contributed by atoms with van der Waals surface area (Å²) in [7, 11) is -1.64. The van der Waals surface area contributed by atoms with Crippen LogP contribution in [0.2, 0.25) is 0 Å². The number of rotatable bonds is 10. The van der Waals surface area contributed by atoms with Crippen molar-refractivity contribution in [3.8, 4) is 0 Å². The van der Waals surface area contributed by atoms with Crippen molar-refractivity contribution in [2.45, 2.75) is 13.8 Å². The maximum Gasteiger partial charge on any atom is 0.433 e. The zero-order valence-corrected chi connectivity index (χ0v) is 19.8. The molecule has 0 fully saturated rings.